The van der Waals surface area contributed by atoms with Crippen LogP contribution >= 0.6 is 0 Å². The molecule has 0 heterocycles. The van der Waals surface area contributed by atoms with E-state index in [1.165, 1.54) is 7.11 Å². The molecule has 1 aliphatic rings. The molecule has 1 atom stereocenters. The van der Waals surface area contributed by atoms with Crippen molar-refractivity contribution in [2.24, 2.45) is 5.92 Å². The van der Waals surface area contributed by atoms with E-state index >= 15 is 0 Å². The minimum absolute atomic E-state index is 0.140. The molecule has 21 heavy (non-hydrogen) atoms. The zero-order valence-electron chi connectivity index (χ0n) is 12.2. The van der Waals surface area contributed by atoms with E-state index in [0.717, 1.165) is 31.2 Å². The predicted octanol–water partition coefficient (Wildman–Crippen LogP) is 2.64. The molecule has 1 aromatic rings. The number of carbonyl (C=O) groups is 2. The number of carbonyl (C=O) groups excluding carboxylic acids is 2. The lowest BCUT2D eigenvalue weighted by Crippen LogP contribution is -2.46. The van der Waals surface area contributed by atoms with Gasteiger partial charge in [0.1, 0.15) is 12.6 Å². The van der Waals surface area contributed by atoms with Gasteiger partial charge in [0.25, 0.3) is 0 Å². The monoisotopic (exact) mass is 291 g/mol. The Labute approximate surface area is 124 Å². The summed E-state index contributed by atoms with van der Waals surface area (Å²) >= 11 is 0. The fraction of sp³-hybridized carbons (Fsp3) is 0.500. The second-order valence-corrected chi connectivity index (χ2v) is 5.25. The molecule has 0 saturated heterocycles. The maximum Gasteiger partial charge on any atom is 0.408 e. The number of alkyl carbamates (subject to hydrolysis) is 1. The van der Waals surface area contributed by atoms with E-state index < -0.39 is 18.1 Å². The molecular weight excluding hydrogens is 270 g/mol. The third kappa shape index (κ3) is 4.48. The summed E-state index contributed by atoms with van der Waals surface area (Å²) < 4.78 is 9.93. The largest absolute Gasteiger partial charge is 0.467 e. The summed E-state index contributed by atoms with van der Waals surface area (Å²) in [5, 5.41) is 2.64. The normalized spacial score (nSPS) is 16.2. The van der Waals surface area contributed by atoms with Crippen LogP contribution in [0.1, 0.15) is 31.2 Å². The van der Waals surface area contributed by atoms with Gasteiger partial charge < -0.3 is 14.8 Å². The van der Waals surface area contributed by atoms with Crippen LogP contribution in [-0.4, -0.2) is 25.2 Å². The van der Waals surface area contributed by atoms with Gasteiger partial charge in [-0.15, -0.1) is 0 Å². The number of esters is 1. The summed E-state index contributed by atoms with van der Waals surface area (Å²) in [6, 6.07) is 8.81. The molecule has 1 aromatic carbocycles. The number of methoxy groups -OCH3 is 1. The van der Waals surface area contributed by atoms with Crippen LogP contribution < -0.4 is 5.32 Å². The highest BCUT2D eigenvalue weighted by Gasteiger charge is 2.33. The summed E-state index contributed by atoms with van der Waals surface area (Å²) in [6.07, 6.45) is 3.44. The first-order valence-corrected chi connectivity index (χ1v) is 7.25. The second-order valence-electron chi connectivity index (χ2n) is 5.25. The van der Waals surface area contributed by atoms with Crippen LogP contribution in [0.4, 0.5) is 4.79 Å². The van der Waals surface area contributed by atoms with E-state index in [1.54, 1.807) is 0 Å². The zero-order chi connectivity index (χ0) is 15.1. The van der Waals surface area contributed by atoms with Crippen LogP contribution in [0.15, 0.2) is 30.3 Å². The summed E-state index contributed by atoms with van der Waals surface area (Å²) in [6.45, 7) is 0.186. The first-order valence-electron chi connectivity index (χ1n) is 7.25. The van der Waals surface area contributed by atoms with E-state index in [-0.39, 0.29) is 12.5 Å². The number of rotatable bonds is 5. The Balaban J connectivity index is 1.87. The fourth-order valence-corrected chi connectivity index (χ4v) is 2.68. The summed E-state index contributed by atoms with van der Waals surface area (Å²) in [7, 11) is 1.33. The molecular formula is C16H21NO4. The van der Waals surface area contributed by atoms with Crippen molar-refractivity contribution in [3.05, 3.63) is 35.9 Å². The number of benzene rings is 1. The van der Waals surface area contributed by atoms with Gasteiger partial charge in [-0.2, -0.15) is 0 Å². The third-order valence-electron chi connectivity index (χ3n) is 3.81. The molecule has 1 unspecified atom stereocenters. The number of hydrogen-bond donors (Lipinski definition) is 1. The highest BCUT2D eigenvalue weighted by atomic mass is 16.6. The second kappa shape index (κ2) is 7.67. The molecule has 0 spiro atoms. The lowest BCUT2D eigenvalue weighted by Gasteiger charge is -2.21. The average molecular weight is 291 g/mol. The van der Waals surface area contributed by atoms with Crippen LogP contribution in [0, 0.1) is 5.92 Å². The van der Waals surface area contributed by atoms with Crippen molar-refractivity contribution in [1.29, 1.82) is 0 Å². The average Bonchev–Trinajstić information content (AvgIpc) is 3.05. The third-order valence-corrected chi connectivity index (χ3v) is 3.81. The molecule has 114 valence electrons. The summed E-state index contributed by atoms with van der Waals surface area (Å²) in [5.41, 5.74) is 0.906. The van der Waals surface area contributed by atoms with E-state index in [2.05, 4.69) is 5.32 Å². The molecule has 1 fully saturated rings. The maximum atomic E-state index is 11.9. The van der Waals surface area contributed by atoms with Gasteiger partial charge in [0.15, 0.2) is 0 Å². The van der Waals surface area contributed by atoms with Gasteiger partial charge in [0.05, 0.1) is 7.11 Å². The molecule has 0 aliphatic heterocycles. The van der Waals surface area contributed by atoms with Crippen LogP contribution in [0.25, 0.3) is 0 Å². The zero-order valence-corrected chi connectivity index (χ0v) is 12.2. The van der Waals surface area contributed by atoms with Gasteiger partial charge >= 0.3 is 12.1 Å². The van der Waals surface area contributed by atoms with E-state index in [1.807, 2.05) is 30.3 Å². The Hall–Kier alpha value is -2.04. The van der Waals surface area contributed by atoms with Crippen molar-refractivity contribution >= 4 is 12.1 Å². The lowest BCUT2D eigenvalue weighted by molar-refractivity contribution is -0.144. The van der Waals surface area contributed by atoms with Crippen LogP contribution in [0.2, 0.25) is 0 Å². The predicted molar refractivity (Wildman–Crippen MR) is 77.5 cm³/mol. The highest BCUT2D eigenvalue weighted by molar-refractivity contribution is 5.81. The molecule has 1 amide bonds. The summed E-state index contributed by atoms with van der Waals surface area (Å²) in [4.78, 5) is 23.7. The smallest absolute Gasteiger partial charge is 0.408 e. The number of amides is 1. The van der Waals surface area contributed by atoms with Crippen molar-refractivity contribution in [3.63, 3.8) is 0 Å². The minimum Gasteiger partial charge on any atom is -0.467 e. The van der Waals surface area contributed by atoms with Gasteiger partial charge in [-0.05, 0) is 24.3 Å². The SMILES string of the molecule is COC(=O)C(NC(=O)OCc1ccccc1)C1CCCC1. The van der Waals surface area contributed by atoms with Crippen molar-refractivity contribution < 1.29 is 19.1 Å². The van der Waals surface area contributed by atoms with Gasteiger partial charge in [-0.25, -0.2) is 9.59 Å². The lowest BCUT2D eigenvalue weighted by atomic mass is 9.98. The van der Waals surface area contributed by atoms with E-state index in [4.69, 9.17) is 9.47 Å². The maximum absolute atomic E-state index is 11.9. The Morgan fingerprint density at radius 2 is 1.90 bits per heavy atom. The topological polar surface area (TPSA) is 64.6 Å². The Morgan fingerprint density at radius 3 is 2.52 bits per heavy atom. The van der Waals surface area contributed by atoms with E-state index in [0.29, 0.717) is 0 Å². The molecule has 1 aliphatic carbocycles. The Bertz CT molecular complexity index is 468. The Morgan fingerprint density at radius 1 is 1.24 bits per heavy atom. The molecule has 5 heteroatoms. The van der Waals surface area contributed by atoms with Crippen LogP contribution in [0.5, 0.6) is 0 Å². The van der Waals surface area contributed by atoms with Crippen molar-refractivity contribution in [3.8, 4) is 0 Å². The number of nitrogens with one attached hydrogen (secondary N) is 1. The molecule has 0 radical (unpaired) electrons. The quantitative estimate of drug-likeness (QED) is 0.847. The van der Waals surface area contributed by atoms with Crippen LogP contribution in [0.3, 0.4) is 0 Å². The van der Waals surface area contributed by atoms with Crippen molar-refractivity contribution in [2.45, 2.75) is 38.3 Å². The molecule has 1 saturated carbocycles. The number of ether oxygens (including phenoxy) is 2. The summed E-state index contributed by atoms with van der Waals surface area (Å²) in [5.74, 6) is -0.264. The molecule has 1 N–H and O–H groups in total. The van der Waals surface area contributed by atoms with Gasteiger partial charge in [0.2, 0.25) is 0 Å². The fourth-order valence-electron chi connectivity index (χ4n) is 2.68. The first kappa shape index (κ1) is 15.4. The molecule has 0 aromatic heterocycles. The van der Waals surface area contributed by atoms with Gasteiger partial charge in [-0.1, -0.05) is 43.2 Å². The minimum atomic E-state index is -0.610. The number of hydrogen-bond acceptors (Lipinski definition) is 4. The molecule has 5 nitrogen and oxygen atoms in total. The van der Waals surface area contributed by atoms with Crippen molar-refractivity contribution in [1.82, 2.24) is 5.32 Å². The highest BCUT2D eigenvalue weighted by Crippen LogP contribution is 2.28. The molecule has 0 bridgehead atoms. The van der Waals surface area contributed by atoms with Gasteiger partial charge in [-0.3, -0.25) is 0 Å². The standard InChI is InChI=1S/C16H21NO4/c1-20-15(18)14(13-9-5-6-10-13)17-16(19)21-11-12-7-3-2-4-8-12/h2-4,7-8,13-14H,5-6,9-11H2,1H3,(H,17,19). The first-order chi connectivity index (χ1) is 10.2. The van der Waals surface area contributed by atoms with E-state index in [9.17, 15) is 9.59 Å². The van der Waals surface area contributed by atoms with Crippen LogP contribution in [-0.2, 0) is 20.9 Å². The van der Waals surface area contributed by atoms with Gasteiger partial charge in [0, 0.05) is 0 Å². The Kier molecular flexibility index (Phi) is 5.60. The molecule has 2 rings (SSSR count). The van der Waals surface area contributed by atoms with Crippen molar-refractivity contribution in [2.75, 3.05) is 7.11 Å².